The zero-order valence-electron chi connectivity index (χ0n) is 18.8. The summed E-state index contributed by atoms with van der Waals surface area (Å²) in [6, 6.07) is 10.4. The van der Waals surface area contributed by atoms with Crippen LogP contribution in [0.1, 0.15) is 36.0 Å². The fourth-order valence-corrected chi connectivity index (χ4v) is 3.95. The van der Waals surface area contributed by atoms with Crippen molar-refractivity contribution in [3.8, 4) is 11.5 Å². The zero-order chi connectivity index (χ0) is 23.2. The van der Waals surface area contributed by atoms with Gasteiger partial charge >= 0.3 is 6.03 Å². The third-order valence-electron chi connectivity index (χ3n) is 5.68. The largest absolute Gasteiger partial charge is 0.497 e. The Morgan fingerprint density at radius 3 is 2.48 bits per heavy atom. The Morgan fingerprint density at radius 2 is 1.79 bits per heavy atom. The van der Waals surface area contributed by atoms with E-state index in [-0.39, 0.29) is 18.0 Å². The highest BCUT2D eigenvalue weighted by molar-refractivity contribution is 5.97. The van der Waals surface area contributed by atoms with Gasteiger partial charge in [-0.15, -0.1) is 5.10 Å². The highest BCUT2D eigenvalue weighted by atomic mass is 16.5. The first-order valence-electron chi connectivity index (χ1n) is 11.0. The molecule has 2 aromatic carbocycles. The number of nitrogens with one attached hydrogen (secondary N) is 3. The van der Waals surface area contributed by atoms with E-state index < -0.39 is 0 Å². The molecule has 1 aliphatic carbocycles. The van der Waals surface area contributed by atoms with Gasteiger partial charge in [0.05, 0.1) is 26.3 Å². The first-order chi connectivity index (χ1) is 16.1. The molecule has 0 radical (unpaired) electrons. The second-order valence-electron chi connectivity index (χ2n) is 7.95. The Bertz CT molecular complexity index is 1120. The van der Waals surface area contributed by atoms with Crippen LogP contribution in [0.3, 0.4) is 0 Å². The van der Waals surface area contributed by atoms with Crippen LogP contribution in [0.2, 0.25) is 0 Å². The van der Waals surface area contributed by atoms with Crippen LogP contribution in [-0.2, 0) is 6.54 Å². The molecule has 3 amide bonds. The molecule has 0 bridgehead atoms. The minimum atomic E-state index is -0.361. The SMILES string of the molecule is COc1cc(NC(=O)NCCn2nnc3cc(C(=O)NC4CCCC4)ccc32)cc(OC)c1. The van der Waals surface area contributed by atoms with Crippen molar-refractivity contribution in [2.45, 2.75) is 38.3 Å². The second-order valence-corrected chi connectivity index (χ2v) is 7.95. The van der Waals surface area contributed by atoms with Crippen molar-refractivity contribution < 1.29 is 19.1 Å². The number of hydrogen-bond acceptors (Lipinski definition) is 6. The van der Waals surface area contributed by atoms with E-state index in [0.717, 1.165) is 31.2 Å². The van der Waals surface area contributed by atoms with Crippen LogP contribution in [0.15, 0.2) is 36.4 Å². The maximum absolute atomic E-state index is 12.5. The molecule has 4 rings (SSSR count). The van der Waals surface area contributed by atoms with Gasteiger partial charge in [-0.3, -0.25) is 4.79 Å². The number of amides is 3. The Hall–Kier alpha value is -3.82. The summed E-state index contributed by atoms with van der Waals surface area (Å²) in [6.45, 7) is 0.772. The van der Waals surface area contributed by atoms with Crippen molar-refractivity contribution >= 4 is 28.7 Å². The number of urea groups is 1. The fourth-order valence-electron chi connectivity index (χ4n) is 3.95. The first kappa shape index (κ1) is 22.4. The molecule has 1 saturated carbocycles. The predicted molar refractivity (Wildman–Crippen MR) is 124 cm³/mol. The summed E-state index contributed by atoms with van der Waals surface area (Å²) < 4.78 is 12.1. The lowest BCUT2D eigenvalue weighted by Crippen LogP contribution is -2.32. The molecule has 1 heterocycles. The van der Waals surface area contributed by atoms with Crippen molar-refractivity contribution in [1.82, 2.24) is 25.6 Å². The summed E-state index contributed by atoms with van der Waals surface area (Å²) in [5.74, 6) is 1.08. The number of benzene rings is 2. The molecule has 0 saturated heterocycles. The van der Waals surface area contributed by atoms with E-state index in [1.54, 1.807) is 49.2 Å². The molecule has 10 heteroatoms. The summed E-state index contributed by atoms with van der Waals surface area (Å²) in [6.07, 6.45) is 4.41. The van der Waals surface area contributed by atoms with Crippen LogP contribution in [-0.4, -0.2) is 53.7 Å². The second kappa shape index (κ2) is 10.2. The molecule has 0 spiro atoms. The van der Waals surface area contributed by atoms with Gasteiger partial charge in [0.15, 0.2) is 0 Å². The van der Waals surface area contributed by atoms with Crippen molar-refractivity contribution in [1.29, 1.82) is 0 Å². The van der Waals surface area contributed by atoms with E-state index in [4.69, 9.17) is 9.47 Å². The van der Waals surface area contributed by atoms with Crippen LogP contribution in [0.4, 0.5) is 10.5 Å². The van der Waals surface area contributed by atoms with Gasteiger partial charge in [0.2, 0.25) is 0 Å². The van der Waals surface area contributed by atoms with Gasteiger partial charge in [-0.2, -0.15) is 0 Å². The monoisotopic (exact) mass is 452 g/mol. The fraction of sp³-hybridized carbons (Fsp3) is 0.391. The molecule has 174 valence electrons. The molecule has 1 aromatic heterocycles. The number of methoxy groups -OCH3 is 2. The normalized spacial score (nSPS) is 13.6. The molecule has 3 aromatic rings. The van der Waals surface area contributed by atoms with Crippen molar-refractivity contribution in [2.24, 2.45) is 0 Å². The van der Waals surface area contributed by atoms with Gasteiger partial charge < -0.3 is 25.4 Å². The number of hydrogen-bond donors (Lipinski definition) is 3. The molecule has 33 heavy (non-hydrogen) atoms. The third-order valence-corrected chi connectivity index (χ3v) is 5.68. The lowest BCUT2D eigenvalue weighted by atomic mass is 10.1. The van der Waals surface area contributed by atoms with Crippen LogP contribution < -0.4 is 25.4 Å². The molecule has 3 N–H and O–H groups in total. The molecule has 0 unspecified atom stereocenters. The summed E-state index contributed by atoms with van der Waals surface area (Å²) >= 11 is 0. The lowest BCUT2D eigenvalue weighted by molar-refractivity contribution is 0.0938. The number of carbonyl (C=O) groups excluding carboxylic acids is 2. The molecule has 0 aliphatic heterocycles. The van der Waals surface area contributed by atoms with E-state index in [2.05, 4.69) is 26.3 Å². The number of anilines is 1. The highest BCUT2D eigenvalue weighted by Gasteiger charge is 2.18. The standard InChI is InChI=1S/C23H28N6O4/c1-32-18-12-17(13-19(14-18)33-2)26-23(31)24-9-10-29-21-8-7-15(11-20(21)27-28-29)22(30)25-16-5-3-4-6-16/h7-8,11-14,16H,3-6,9-10H2,1-2H3,(H,25,30)(H2,24,26,31). The Balaban J connectivity index is 1.32. The minimum Gasteiger partial charge on any atom is -0.497 e. The van der Waals surface area contributed by atoms with Gasteiger partial charge in [0, 0.05) is 42.0 Å². The summed E-state index contributed by atoms with van der Waals surface area (Å²) in [5.41, 5.74) is 2.57. The number of aromatic nitrogens is 3. The number of carbonyl (C=O) groups is 2. The topological polar surface area (TPSA) is 119 Å². The molecule has 1 aliphatic rings. The molecule has 1 fully saturated rings. The van der Waals surface area contributed by atoms with Gasteiger partial charge in [-0.1, -0.05) is 18.1 Å². The highest BCUT2D eigenvalue weighted by Crippen LogP contribution is 2.25. The Labute approximate surface area is 191 Å². The van der Waals surface area contributed by atoms with Gasteiger partial charge in [-0.05, 0) is 31.0 Å². The average Bonchev–Trinajstić information content (AvgIpc) is 3.48. The van der Waals surface area contributed by atoms with Gasteiger partial charge in [0.25, 0.3) is 5.91 Å². The number of nitrogens with zero attached hydrogens (tertiary/aromatic N) is 3. The van der Waals surface area contributed by atoms with Gasteiger partial charge in [-0.25, -0.2) is 9.48 Å². The van der Waals surface area contributed by atoms with Crippen LogP contribution in [0.5, 0.6) is 11.5 Å². The molecule has 0 atom stereocenters. The van der Waals surface area contributed by atoms with Crippen LogP contribution in [0, 0.1) is 0 Å². The number of rotatable bonds is 8. The molecular formula is C23H28N6O4. The number of fused-ring (bicyclic) bond motifs is 1. The Kier molecular flexibility index (Phi) is 6.92. The van der Waals surface area contributed by atoms with Gasteiger partial charge in [0.1, 0.15) is 17.0 Å². The Morgan fingerprint density at radius 1 is 1.06 bits per heavy atom. The van der Waals surface area contributed by atoms with E-state index in [0.29, 0.717) is 41.4 Å². The van der Waals surface area contributed by atoms with Crippen LogP contribution >= 0.6 is 0 Å². The average molecular weight is 453 g/mol. The summed E-state index contributed by atoms with van der Waals surface area (Å²) in [5, 5.41) is 17.0. The smallest absolute Gasteiger partial charge is 0.319 e. The lowest BCUT2D eigenvalue weighted by Gasteiger charge is -2.12. The maximum atomic E-state index is 12.5. The van der Waals surface area contributed by atoms with Crippen molar-refractivity contribution in [2.75, 3.05) is 26.1 Å². The van der Waals surface area contributed by atoms with E-state index in [9.17, 15) is 9.59 Å². The first-order valence-corrected chi connectivity index (χ1v) is 11.0. The van der Waals surface area contributed by atoms with Crippen LogP contribution in [0.25, 0.3) is 11.0 Å². The predicted octanol–water partition coefficient (Wildman–Crippen LogP) is 2.94. The van der Waals surface area contributed by atoms with E-state index in [1.165, 1.54) is 0 Å². The summed E-state index contributed by atoms with van der Waals surface area (Å²) in [4.78, 5) is 24.8. The third kappa shape index (κ3) is 5.51. The summed E-state index contributed by atoms with van der Waals surface area (Å²) in [7, 11) is 3.10. The maximum Gasteiger partial charge on any atom is 0.319 e. The quantitative estimate of drug-likeness (QED) is 0.483. The number of ether oxygens (including phenoxy) is 2. The minimum absolute atomic E-state index is 0.0779. The van der Waals surface area contributed by atoms with E-state index >= 15 is 0 Å². The molecular weight excluding hydrogens is 424 g/mol. The molecule has 10 nitrogen and oxygen atoms in total. The van der Waals surface area contributed by atoms with E-state index in [1.807, 2.05) is 6.07 Å². The van der Waals surface area contributed by atoms with Crippen molar-refractivity contribution in [3.05, 3.63) is 42.0 Å². The zero-order valence-corrected chi connectivity index (χ0v) is 18.8. The van der Waals surface area contributed by atoms with Crippen molar-refractivity contribution in [3.63, 3.8) is 0 Å².